The van der Waals surface area contributed by atoms with E-state index in [0.29, 0.717) is 6.54 Å². The van der Waals surface area contributed by atoms with Crippen molar-refractivity contribution in [3.63, 3.8) is 0 Å². The second-order valence-electron chi connectivity index (χ2n) is 7.59. The van der Waals surface area contributed by atoms with Crippen LogP contribution in [-0.4, -0.2) is 23.5 Å². The molecule has 1 aromatic heterocycles. The second-order valence-corrected chi connectivity index (χ2v) is 7.59. The standard InChI is InChI=1S/C22H27NO4/c24-20(23-16-22(15-21(25)26)11-5-2-6-12-22)14-18(19-10-7-13-27-19)17-8-3-1-4-9-17/h1,3-4,7-10,13,18H,2,5-6,11-12,14-16H2,(H,23,24)(H,25,26). The largest absolute Gasteiger partial charge is 0.481 e. The number of hydrogen-bond acceptors (Lipinski definition) is 3. The van der Waals surface area contributed by atoms with Crippen LogP contribution >= 0.6 is 0 Å². The van der Waals surface area contributed by atoms with Gasteiger partial charge in [0, 0.05) is 13.0 Å². The molecule has 2 N–H and O–H groups in total. The van der Waals surface area contributed by atoms with Crippen molar-refractivity contribution >= 4 is 11.9 Å². The first-order valence-corrected chi connectivity index (χ1v) is 9.65. The molecule has 0 bridgehead atoms. The van der Waals surface area contributed by atoms with E-state index in [1.165, 1.54) is 0 Å². The minimum atomic E-state index is -0.788. The summed E-state index contributed by atoms with van der Waals surface area (Å²) in [5.74, 6) is -0.253. The first kappa shape index (κ1) is 19.2. The predicted octanol–water partition coefficient (Wildman–Crippen LogP) is 4.34. The molecule has 0 radical (unpaired) electrons. The lowest BCUT2D eigenvalue weighted by Gasteiger charge is -2.36. The summed E-state index contributed by atoms with van der Waals surface area (Å²) in [7, 11) is 0. The van der Waals surface area contributed by atoms with Crippen LogP contribution in [-0.2, 0) is 9.59 Å². The summed E-state index contributed by atoms with van der Waals surface area (Å²) in [5, 5.41) is 12.3. The van der Waals surface area contributed by atoms with E-state index in [9.17, 15) is 14.7 Å². The number of carboxylic acids is 1. The highest BCUT2D eigenvalue weighted by molar-refractivity contribution is 5.77. The van der Waals surface area contributed by atoms with Crippen LogP contribution in [0.15, 0.2) is 53.1 Å². The Labute approximate surface area is 159 Å². The average Bonchev–Trinajstić information content (AvgIpc) is 3.20. The number of carbonyl (C=O) groups excluding carboxylic acids is 1. The molecule has 0 aliphatic heterocycles. The van der Waals surface area contributed by atoms with Crippen LogP contribution in [0.3, 0.4) is 0 Å². The number of benzene rings is 1. The van der Waals surface area contributed by atoms with Gasteiger partial charge in [-0.25, -0.2) is 0 Å². The fourth-order valence-electron chi connectivity index (χ4n) is 4.14. The monoisotopic (exact) mass is 369 g/mol. The highest BCUT2D eigenvalue weighted by Gasteiger charge is 2.35. The third-order valence-corrected chi connectivity index (χ3v) is 5.58. The van der Waals surface area contributed by atoms with Crippen molar-refractivity contribution in [1.29, 1.82) is 0 Å². The van der Waals surface area contributed by atoms with E-state index in [1.807, 2.05) is 42.5 Å². The van der Waals surface area contributed by atoms with Gasteiger partial charge in [-0.3, -0.25) is 9.59 Å². The summed E-state index contributed by atoms with van der Waals surface area (Å²) < 4.78 is 5.56. The van der Waals surface area contributed by atoms with Crippen LogP contribution in [0.1, 0.15) is 62.2 Å². The average molecular weight is 369 g/mol. The third-order valence-electron chi connectivity index (χ3n) is 5.58. The Bertz CT molecular complexity index is 733. The molecule has 0 spiro atoms. The van der Waals surface area contributed by atoms with E-state index in [2.05, 4.69) is 5.32 Å². The van der Waals surface area contributed by atoms with Gasteiger partial charge >= 0.3 is 5.97 Å². The molecule has 5 heteroatoms. The van der Waals surface area contributed by atoms with Crippen molar-refractivity contribution in [2.75, 3.05) is 6.54 Å². The highest BCUT2D eigenvalue weighted by Crippen LogP contribution is 2.39. The Hall–Kier alpha value is -2.56. The van der Waals surface area contributed by atoms with E-state index in [0.717, 1.165) is 43.4 Å². The molecule has 1 heterocycles. The van der Waals surface area contributed by atoms with Crippen LogP contribution in [0.4, 0.5) is 0 Å². The normalized spacial score (nSPS) is 17.2. The molecule has 144 valence electrons. The molecule has 1 atom stereocenters. The first-order valence-electron chi connectivity index (χ1n) is 9.65. The molecule has 1 fully saturated rings. The Kier molecular flexibility index (Phi) is 6.32. The minimum absolute atomic E-state index is 0.0735. The number of carboxylic acid groups (broad SMARTS) is 1. The van der Waals surface area contributed by atoms with E-state index in [-0.39, 0.29) is 30.1 Å². The summed E-state index contributed by atoms with van der Waals surface area (Å²) in [6.07, 6.45) is 6.94. The third kappa shape index (κ3) is 5.22. The summed E-state index contributed by atoms with van der Waals surface area (Å²) in [4.78, 5) is 24.0. The minimum Gasteiger partial charge on any atom is -0.481 e. The Balaban J connectivity index is 1.66. The number of amides is 1. The van der Waals surface area contributed by atoms with Gasteiger partial charge in [-0.15, -0.1) is 0 Å². The maximum absolute atomic E-state index is 12.7. The maximum atomic E-state index is 12.7. The number of nitrogens with one attached hydrogen (secondary N) is 1. The lowest BCUT2D eigenvalue weighted by Crippen LogP contribution is -2.40. The van der Waals surface area contributed by atoms with Crippen molar-refractivity contribution in [1.82, 2.24) is 5.32 Å². The van der Waals surface area contributed by atoms with Crippen LogP contribution in [0.2, 0.25) is 0 Å². The summed E-state index contributed by atoms with van der Waals surface area (Å²) in [6, 6.07) is 13.5. The van der Waals surface area contributed by atoms with Gasteiger partial charge in [-0.2, -0.15) is 0 Å². The molecule has 1 saturated carbocycles. The molecule has 1 aliphatic rings. The van der Waals surface area contributed by atoms with Crippen molar-refractivity contribution < 1.29 is 19.1 Å². The fraction of sp³-hybridized carbons (Fsp3) is 0.455. The van der Waals surface area contributed by atoms with Gasteiger partial charge in [0.25, 0.3) is 0 Å². The second kappa shape index (κ2) is 8.89. The highest BCUT2D eigenvalue weighted by atomic mass is 16.4. The van der Waals surface area contributed by atoms with E-state index < -0.39 is 5.97 Å². The van der Waals surface area contributed by atoms with Crippen LogP contribution < -0.4 is 5.32 Å². The number of aliphatic carboxylic acids is 1. The van der Waals surface area contributed by atoms with Crippen LogP contribution in [0.25, 0.3) is 0 Å². The van der Waals surface area contributed by atoms with Gasteiger partial charge in [0.15, 0.2) is 0 Å². The smallest absolute Gasteiger partial charge is 0.303 e. The Morgan fingerprint density at radius 1 is 1.07 bits per heavy atom. The van der Waals surface area contributed by atoms with Crippen molar-refractivity contribution in [2.45, 2.75) is 50.9 Å². The van der Waals surface area contributed by atoms with E-state index in [1.54, 1.807) is 6.26 Å². The van der Waals surface area contributed by atoms with Crippen molar-refractivity contribution in [2.24, 2.45) is 5.41 Å². The first-order chi connectivity index (χ1) is 13.1. The van der Waals surface area contributed by atoms with Gasteiger partial charge < -0.3 is 14.8 Å². The molecule has 2 aromatic rings. The summed E-state index contributed by atoms with van der Waals surface area (Å²) >= 11 is 0. The zero-order valence-corrected chi connectivity index (χ0v) is 15.5. The van der Waals surface area contributed by atoms with Gasteiger partial charge in [-0.1, -0.05) is 49.6 Å². The molecule has 1 unspecified atom stereocenters. The van der Waals surface area contributed by atoms with Gasteiger partial charge in [0.05, 0.1) is 18.6 Å². The molecule has 1 amide bonds. The molecule has 5 nitrogen and oxygen atoms in total. The van der Waals surface area contributed by atoms with Gasteiger partial charge in [0.1, 0.15) is 5.76 Å². The van der Waals surface area contributed by atoms with Crippen molar-refractivity contribution in [3.05, 3.63) is 60.1 Å². The van der Waals surface area contributed by atoms with E-state index in [4.69, 9.17) is 4.42 Å². The zero-order chi connectivity index (χ0) is 19.1. The maximum Gasteiger partial charge on any atom is 0.303 e. The quantitative estimate of drug-likeness (QED) is 0.725. The summed E-state index contributed by atoms with van der Waals surface area (Å²) in [6.45, 7) is 0.428. The van der Waals surface area contributed by atoms with Crippen LogP contribution in [0, 0.1) is 5.41 Å². The number of furan rings is 1. The number of rotatable bonds is 8. The predicted molar refractivity (Wildman–Crippen MR) is 102 cm³/mol. The summed E-state index contributed by atoms with van der Waals surface area (Å²) in [5.41, 5.74) is 0.715. The number of hydrogen-bond donors (Lipinski definition) is 2. The molecular weight excluding hydrogens is 342 g/mol. The molecule has 27 heavy (non-hydrogen) atoms. The lowest BCUT2D eigenvalue weighted by atomic mass is 9.71. The molecule has 3 rings (SSSR count). The molecule has 1 aliphatic carbocycles. The molecule has 0 saturated heterocycles. The number of carbonyl (C=O) groups is 2. The van der Waals surface area contributed by atoms with Gasteiger partial charge in [0.2, 0.25) is 5.91 Å². The topological polar surface area (TPSA) is 79.5 Å². The zero-order valence-electron chi connectivity index (χ0n) is 15.5. The van der Waals surface area contributed by atoms with Crippen molar-refractivity contribution in [3.8, 4) is 0 Å². The SMILES string of the molecule is O=C(O)CC1(CNC(=O)CC(c2ccccc2)c2ccco2)CCCCC1. The Morgan fingerprint density at radius 2 is 1.81 bits per heavy atom. The van der Waals surface area contributed by atoms with Crippen LogP contribution in [0.5, 0.6) is 0 Å². The van der Waals surface area contributed by atoms with Gasteiger partial charge in [-0.05, 0) is 36.0 Å². The fourth-order valence-corrected chi connectivity index (χ4v) is 4.14. The Morgan fingerprint density at radius 3 is 2.44 bits per heavy atom. The molecular formula is C22H27NO4. The van der Waals surface area contributed by atoms with E-state index >= 15 is 0 Å². The lowest BCUT2D eigenvalue weighted by molar-refractivity contribution is -0.140. The molecule has 1 aromatic carbocycles.